The van der Waals surface area contributed by atoms with Gasteiger partial charge in [0.1, 0.15) is 0 Å². The second-order valence-corrected chi connectivity index (χ2v) is 3.32. The molecule has 0 aliphatic heterocycles. The van der Waals surface area contributed by atoms with Gasteiger partial charge < -0.3 is 9.84 Å². The molecule has 0 aliphatic rings. The van der Waals surface area contributed by atoms with Crippen molar-refractivity contribution in [1.82, 2.24) is 4.98 Å². The largest absolute Gasteiger partial charge is 0.574 e. The van der Waals surface area contributed by atoms with Gasteiger partial charge in [-0.25, -0.2) is 13.8 Å². The topological polar surface area (TPSA) is 42.4 Å². The van der Waals surface area contributed by atoms with Crippen molar-refractivity contribution < 1.29 is 31.8 Å². The van der Waals surface area contributed by atoms with E-state index in [-0.39, 0.29) is 0 Å². The number of rotatable bonds is 2. The standard InChI is InChI=1S/C7H3BrF5NO2/c8-3-2(5(9)10)1-14-6(4(3)15)16-7(11,12)13/h1,5,15H. The molecule has 0 amide bonds. The molecule has 0 saturated carbocycles. The van der Waals surface area contributed by atoms with Crippen LogP contribution in [0.5, 0.6) is 11.6 Å². The number of nitrogens with zero attached hydrogens (tertiary/aromatic N) is 1. The van der Waals surface area contributed by atoms with Gasteiger partial charge in [-0.15, -0.1) is 13.2 Å². The first-order valence-electron chi connectivity index (χ1n) is 3.63. The van der Waals surface area contributed by atoms with Crippen LogP contribution >= 0.6 is 15.9 Å². The first kappa shape index (κ1) is 12.9. The summed E-state index contributed by atoms with van der Waals surface area (Å²) in [4.78, 5) is 2.94. The first-order chi connectivity index (χ1) is 7.22. The van der Waals surface area contributed by atoms with E-state index in [1.54, 1.807) is 0 Å². The van der Waals surface area contributed by atoms with Gasteiger partial charge in [0.15, 0.2) is 5.75 Å². The minimum atomic E-state index is -5.06. The molecule has 0 saturated heterocycles. The SMILES string of the molecule is Oc1c(OC(F)(F)F)ncc(C(F)F)c1Br. The average Bonchev–Trinajstić information content (AvgIpc) is 2.10. The minimum Gasteiger partial charge on any atom is -0.502 e. The average molecular weight is 308 g/mol. The second kappa shape index (κ2) is 4.40. The van der Waals surface area contributed by atoms with Crippen LogP contribution in [0.4, 0.5) is 22.0 Å². The molecule has 0 bridgehead atoms. The van der Waals surface area contributed by atoms with Crippen LogP contribution in [0.25, 0.3) is 0 Å². The third-order valence-corrected chi connectivity index (χ3v) is 2.27. The lowest BCUT2D eigenvalue weighted by atomic mass is 10.3. The summed E-state index contributed by atoms with van der Waals surface area (Å²) >= 11 is 2.52. The summed E-state index contributed by atoms with van der Waals surface area (Å²) in [5.41, 5.74) is -0.730. The highest BCUT2D eigenvalue weighted by molar-refractivity contribution is 9.10. The zero-order valence-corrected chi connectivity index (χ0v) is 8.81. The smallest absolute Gasteiger partial charge is 0.502 e. The zero-order chi connectivity index (χ0) is 12.5. The van der Waals surface area contributed by atoms with Gasteiger partial charge in [0.05, 0.1) is 10.0 Å². The molecule has 1 N–H and O–H groups in total. The molecule has 9 heteroatoms. The quantitative estimate of drug-likeness (QED) is 0.852. The van der Waals surface area contributed by atoms with Crippen molar-refractivity contribution in [3.05, 3.63) is 16.2 Å². The maximum atomic E-state index is 12.2. The van der Waals surface area contributed by atoms with E-state index in [0.29, 0.717) is 6.20 Å². The molecule has 0 radical (unpaired) electrons. The Hall–Kier alpha value is -1.12. The molecule has 1 rings (SSSR count). The zero-order valence-electron chi connectivity index (χ0n) is 7.23. The summed E-state index contributed by atoms with van der Waals surface area (Å²) in [5.74, 6) is -2.32. The summed E-state index contributed by atoms with van der Waals surface area (Å²) in [6.07, 6.45) is -7.56. The van der Waals surface area contributed by atoms with Crippen molar-refractivity contribution in [1.29, 1.82) is 0 Å². The van der Waals surface area contributed by atoms with Crippen molar-refractivity contribution >= 4 is 15.9 Å². The van der Waals surface area contributed by atoms with E-state index in [4.69, 9.17) is 5.11 Å². The Morgan fingerprint density at radius 2 is 1.94 bits per heavy atom. The molecule has 0 unspecified atom stereocenters. The Balaban J connectivity index is 3.12. The molecule has 1 aromatic heterocycles. The predicted octanol–water partition coefficient (Wildman–Crippen LogP) is 3.39. The van der Waals surface area contributed by atoms with Crippen molar-refractivity contribution in [3.63, 3.8) is 0 Å². The molecule has 1 aromatic rings. The van der Waals surface area contributed by atoms with Crippen LogP contribution in [0, 0.1) is 0 Å². The molecule has 16 heavy (non-hydrogen) atoms. The van der Waals surface area contributed by atoms with Gasteiger partial charge in [0.2, 0.25) is 0 Å². The van der Waals surface area contributed by atoms with Crippen molar-refractivity contribution in [2.75, 3.05) is 0 Å². The number of halogens is 6. The van der Waals surface area contributed by atoms with E-state index in [1.165, 1.54) is 0 Å². The Labute approximate surface area is 94.0 Å². The van der Waals surface area contributed by atoms with Crippen LogP contribution in [0.15, 0.2) is 10.7 Å². The van der Waals surface area contributed by atoms with Gasteiger partial charge >= 0.3 is 6.36 Å². The molecule has 0 spiro atoms. The van der Waals surface area contributed by atoms with E-state index in [9.17, 15) is 22.0 Å². The van der Waals surface area contributed by atoms with Crippen LogP contribution in [0.2, 0.25) is 0 Å². The third kappa shape index (κ3) is 2.94. The van der Waals surface area contributed by atoms with Gasteiger partial charge in [-0.1, -0.05) is 0 Å². The highest BCUT2D eigenvalue weighted by Gasteiger charge is 2.34. The number of hydrogen-bond donors (Lipinski definition) is 1. The van der Waals surface area contributed by atoms with Gasteiger partial charge in [0, 0.05) is 6.20 Å². The summed E-state index contributed by atoms with van der Waals surface area (Å²) in [6.45, 7) is 0. The minimum absolute atomic E-state index is 0.482. The van der Waals surface area contributed by atoms with Gasteiger partial charge in [-0.05, 0) is 15.9 Å². The number of pyridine rings is 1. The fourth-order valence-corrected chi connectivity index (χ4v) is 1.26. The summed E-state index contributed by atoms with van der Waals surface area (Å²) in [7, 11) is 0. The van der Waals surface area contributed by atoms with Gasteiger partial charge in [0.25, 0.3) is 12.3 Å². The molecule has 3 nitrogen and oxygen atoms in total. The Kier molecular flexibility index (Phi) is 3.56. The van der Waals surface area contributed by atoms with E-state index in [0.717, 1.165) is 0 Å². The lowest BCUT2D eigenvalue weighted by Crippen LogP contribution is -2.18. The van der Waals surface area contributed by atoms with Gasteiger partial charge in [-0.2, -0.15) is 0 Å². The van der Waals surface area contributed by atoms with Crippen molar-refractivity contribution in [2.24, 2.45) is 0 Å². The molecule has 1 heterocycles. The van der Waals surface area contributed by atoms with Crippen LogP contribution < -0.4 is 4.74 Å². The fraction of sp³-hybridized carbons (Fsp3) is 0.286. The van der Waals surface area contributed by atoms with Crippen LogP contribution in [0.1, 0.15) is 12.0 Å². The Morgan fingerprint density at radius 3 is 2.38 bits per heavy atom. The number of ether oxygens (including phenoxy) is 1. The van der Waals surface area contributed by atoms with E-state index in [2.05, 4.69) is 25.7 Å². The molecule has 0 aliphatic carbocycles. The second-order valence-electron chi connectivity index (χ2n) is 2.53. The molecule has 90 valence electrons. The van der Waals surface area contributed by atoms with Gasteiger partial charge in [-0.3, -0.25) is 0 Å². The number of hydrogen-bond acceptors (Lipinski definition) is 3. The molecule has 0 aromatic carbocycles. The van der Waals surface area contributed by atoms with Crippen LogP contribution in [0.3, 0.4) is 0 Å². The van der Waals surface area contributed by atoms with E-state index >= 15 is 0 Å². The molecule has 0 atom stereocenters. The number of aromatic nitrogens is 1. The van der Waals surface area contributed by atoms with Crippen molar-refractivity contribution in [2.45, 2.75) is 12.8 Å². The normalized spacial score (nSPS) is 11.9. The Bertz CT molecular complexity index is 395. The van der Waals surface area contributed by atoms with Crippen LogP contribution in [-0.2, 0) is 0 Å². The highest BCUT2D eigenvalue weighted by Crippen LogP contribution is 2.40. The molecule has 0 fully saturated rings. The maximum Gasteiger partial charge on any atom is 0.574 e. The number of aromatic hydroxyl groups is 1. The summed E-state index contributed by atoms with van der Waals surface area (Å²) in [6, 6.07) is 0. The van der Waals surface area contributed by atoms with Crippen molar-refractivity contribution in [3.8, 4) is 11.6 Å². The third-order valence-electron chi connectivity index (χ3n) is 1.43. The highest BCUT2D eigenvalue weighted by atomic mass is 79.9. The monoisotopic (exact) mass is 307 g/mol. The van der Waals surface area contributed by atoms with Crippen LogP contribution in [-0.4, -0.2) is 16.5 Å². The Morgan fingerprint density at radius 1 is 1.38 bits per heavy atom. The molecular weight excluding hydrogens is 305 g/mol. The lowest BCUT2D eigenvalue weighted by Gasteiger charge is -2.11. The van der Waals surface area contributed by atoms with E-state index in [1.807, 2.05) is 0 Å². The lowest BCUT2D eigenvalue weighted by molar-refractivity contribution is -0.276. The first-order valence-corrected chi connectivity index (χ1v) is 4.43. The number of alkyl halides is 5. The maximum absolute atomic E-state index is 12.2. The van der Waals surface area contributed by atoms with E-state index < -0.39 is 34.5 Å². The summed E-state index contributed by atoms with van der Waals surface area (Å²) in [5, 5.41) is 9.12. The molecular formula is C7H3BrF5NO2. The predicted molar refractivity (Wildman–Crippen MR) is 45.2 cm³/mol. The summed E-state index contributed by atoms with van der Waals surface area (Å²) < 4.78 is 62.5. The fourth-order valence-electron chi connectivity index (χ4n) is 0.813.